The van der Waals surface area contributed by atoms with Gasteiger partial charge in [-0.1, -0.05) is 58.9 Å². The quantitative estimate of drug-likeness (QED) is 0.784. The first-order valence-corrected chi connectivity index (χ1v) is 10.3. The summed E-state index contributed by atoms with van der Waals surface area (Å²) in [7, 11) is 1.94. The first kappa shape index (κ1) is 20.6. The van der Waals surface area contributed by atoms with Gasteiger partial charge in [0.05, 0.1) is 11.1 Å². The summed E-state index contributed by atoms with van der Waals surface area (Å²) in [4.78, 5) is 0.309. The lowest BCUT2D eigenvalue weighted by atomic mass is 9.89. The molecule has 0 saturated carbocycles. The molecule has 7 heteroatoms. The summed E-state index contributed by atoms with van der Waals surface area (Å²) in [5, 5.41) is 9.26. The molecule has 1 N–H and O–H groups in total. The van der Waals surface area contributed by atoms with E-state index in [4.69, 9.17) is 10.7 Å². The van der Waals surface area contributed by atoms with Crippen LogP contribution in [-0.4, -0.2) is 23.8 Å². The number of hydrogen-bond donors (Lipinski definition) is 1. The predicted molar refractivity (Wildman–Crippen MR) is 98.1 cm³/mol. The average Bonchev–Trinajstić information content (AvgIpc) is 3.03. The number of aromatic nitrogens is 3. The lowest BCUT2D eigenvalue weighted by molar-refractivity contribution is 0.604. The Morgan fingerprint density at radius 3 is 1.67 bits per heavy atom. The van der Waals surface area contributed by atoms with Crippen LogP contribution < -0.4 is 0 Å². The maximum atomic E-state index is 11.9. The van der Waals surface area contributed by atoms with Crippen molar-refractivity contribution in [3.63, 3.8) is 0 Å². The third kappa shape index (κ3) is 5.60. The van der Waals surface area contributed by atoms with E-state index in [1.54, 1.807) is 12.4 Å². The van der Waals surface area contributed by atoms with Crippen LogP contribution in [0.5, 0.6) is 0 Å². The molecule has 0 atom stereocenters. The van der Waals surface area contributed by atoms with Crippen LogP contribution in [0.3, 0.4) is 0 Å². The molecule has 1 heterocycles. The summed E-state index contributed by atoms with van der Waals surface area (Å²) in [6, 6.07) is 3.97. The molecule has 1 aromatic heterocycles. The number of aromatic amines is 1. The molecule has 0 aliphatic rings. The molecule has 0 radical (unpaired) electrons. The fraction of sp³-hybridized carbons (Fsp3) is 0.529. The third-order valence-corrected chi connectivity index (χ3v) is 5.08. The van der Waals surface area contributed by atoms with Gasteiger partial charge >= 0.3 is 0 Å². The smallest absolute Gasteiger partial charge is 0.261 e. The van der Waals surface area contributed by atoms with Crippen molar-refractivity contribution in [3.05, 3.63) is 41.2 Å². The summed E-state index contributed by atoms with van der Waals surface area (Å²) in [5.41, 5.74) is 2.81. The number of rotatable bonds is 4. The molecular formula is C17H26ClN3O2S. The van der Waals surface area contributed by atoms with Crippen molar-refractivity contribution in [2.24, 2.45) is 0 Å². The number of nitrogens with zero attached hydrogens (tertiary/aromatic N) is 2. The largest absolute Gasteiger partial charge is 0.266 e. The van der Waals surface area contributed by atoms with Crippen molar-refractivity contribution < 1.29 is 8.42 Å². The molecule has 0 fully saturated rings. The van der Waals surface area contributed by atoms with E-state index >= 15 is 0 Å². The van der Waals surface area contributed by atoms with E-state index in [2.05, 4.69) is 29.3 Å². The summed E-state index contributed by atoms with van der Waals surface area (Å²) in [6.45, 7) is 12.2. The Labute approximate surface area is 149 Å². The molecule has 2 rings (SSSR count). The zero-order valence-corrected chi connectivity index (χ0v) is 16.6. The van der Waals surface area contributed by atoms with Crippen LogP contribution in [-0.2, 0) is 9.05 Å². The van der Waals surface area contributed by atoms with Crippen LogP contribution in [0.2, 0.25) is 0 Å². The van der Waals surface area contributed by atoms with E-state index in [0.717, 1.165) is 16.7 Å². The number of halogens is 1. The van der Waals surface area contributed by atoms with Gasteiger partial charge in [0.2, 0.25) is 0 Å². The first-order valence-electron chi connectivity index (χ1n) is 7.98. The van der Waals surface area contributed by atoms with Gasteiger partial charge in [0.1, 0.15) is 0 Å². The van der Waals surface area contributed by atoms with Crippen LogP contribution in [0.15, 0.2) is 29.4 Å². The van der Waals surface area contributed by atoms with Crippen molar-refractivity contribution >= 4 is 19.7 Å². The molecule has 0 spiro atoms. The SMILES string of the molecule is CC(C)c1cc(C(C)C)c(S(=O)(=O)Cl)c(C(C)C)c1.c1c[nH]nn1. The van der Waals surface area contributed by atoms with E-state index in [1.807, 2.05) is 39.8 Å². The van der Waals surface area contributed by atoms with Gasteiger partial charge in [0, 0.05) is 16.9 Å². The fourth-order valence-electron chi connectivity index (χ4n) is 2.34. The summed E-state index contributed by atoms with van der Waals surface area (Å²) < 4.78 is 23.9. The minimum absolute atomic E-state index is 0.125. The van der Waals surface area contributed by atoms with Gasteiger partial charge < -0.3 is 0 Å². The van der Waals surface area contributed by atoms with Crippen molar-refractivity contribution in [2.75, 3.05) is 0 Å². The second-order valence-corrected chi connectivity index (χ2v) is 9.09. The van der Waals surface area contributed by atoms with Crippen LogP contribution >= 0.6 is 10.7 Å². The van der Waals surface area contributed by atoms with Crippen LogP contribution in [0, 0.1) is 0 Å². The lowest BCUT2D eigenvalue weighted by Gasteiger charge is -2.20. The van der Waals surface area contributed by atoms with Crippen molar-refractivity contribution in [1.82, 2.24) is 15.4 Å². The molecule has 5 nitrogen and oxygen atoms in total. The number of hydrogen-bond acceptors (Lipinski definition) is 4. The normalized spacial score (nSPS) is 11.8. The predicted octanol–water partition coefficient (Wildman–Crippen LogP) is 4.79. The second kappa shape index (κ2) is 8.62. The molecule has 0 bridgehead atoms. The zero-order valence-electron chi connectivity index (χ0n) is 15.0. The summed E-state index contributed by atoms with van der Waals surface area (Å²) >= 11 is 0. The van der Waals surface area contributed by atoms with E-state index < -0.39 is 9.05 Å². The van der Waals surface area contributed by atoms with Gasteiger partial charge in [-0.2, -0.15) is 0 Å². The Morgan fingerprint density at radius 2 is 1.46 bits per heavy atom. The molecule has 1 aromatic carbocycles. The van der Waals surface area contributed by atoms with Crippen molar-refractivity contribution in [3.8, 4) is 0 Å². The molecule has 2 aromatic rings. The van der Waals surface area contributed by atoms with E-state index in [1.165, 1.54) is 0 Å². The van der Waals surface area contributed by atoms with E-state index in [9.17, 15) is 8.42 Å². The van der Waals surface area contributed by atoms with Crippen LogP contribution in [0.25, 0.3) is 0 Å². The maximum Gasteiger partial charge on any atom is 0.261 e. The van der Waals surface area contributed by atoms with Gasteiger partial charge in [-0.05, 0) is 34.4 Å². The Bertz CT molecular complexity index is 693. The van der Waals surface area contributed by atoms with Gasteiger partial charge in [-0.15, -0.1) is 5.10 Å². The Hall–Kier alpha value is -1.40. The standard InChI is InChI=1S/C15H23ClO2S.C2H3N3/c1-9(2)12-7-13(10(3)4)15(19(16,17)18)14(8-12)11(5)6;1-2-4-5-3-1/h7-11H,1-6H3;1-2H,(H,3,4,5). The Balaban J connectivity index is 0.000000488. The van der Waals surface area contributed by atoms with Gasteiger partial charge in [0.25, 0.3) is 9.05 Å². The number of nitrogens with one attached hydrogen (secondary N) is 1. The highest BCUT2D eigenvalue weighted by Gasteiger charge is 2.25. The Morgan fingerprint density at radius 1 is 0.958 bits per heavy atom. The van der Waals surface area contributed by atoms with Crippen molar-refractivity contribution in [2.45, 2.75) is 64.2 Å². The van der Waals surface area contributed by atoms with E-state index in [-0.39, 0.29) is 11.8 Å². The third-order valence-electron chi connectivity index (χ3n) is 3.65. The van der Waals surface area contributed by atoms with Gasteiger partial charge in [0.15, 0.2) is 0 Å². The molecular weight excluding hydrogens is 346 g/mol. The summed E-state index contributed by atoms with van der Waals surface area (Å²) in [6.07, 6.45) is 3.24. The number of H-pyrrole nitrogens is 1. The fourth-order valence-corrected chi connectivity index (χ4v) is 4.02. The topological polar surface area (TPSA) is 75.7 Å². The molecule has 134 valence electrons. The minimum Gasteiger partial charge on any atom is -0.266 e. The highest BCUT2D eigenvalue weighted by atomic mass is 35.7. The first-order chi connectivity index (χ1) is 11.1. The molecule has 24 heavy (non-hydrogen) atoms. The molecule has 0 aliphatic carbocycles. The van der Waals surface area contributed by atoms with Crippen LogP contribution in [0.1, 0.15) is 76.0 Å². The minimum atomic E-state index is -3.72. The molecule has 0 saturated heterocycles. The van der Waals surface area contributed by atoms with E-state index in [0.29, 0.717) is 10.8 Å². The van der Waals surface area contributed by atoms with Gasteiger partial charge in [-0.25, -0.2) is 8.42 Å². The lowest BCUT2D eigenvalue weighted by Crippen LogP contribution is -2.08. The highest BCUT2D eigenvalue weighted by Crippen LogP contribution is 2.36. The maximum absolute atomic E-state index is 11.9. The van der Waals surface area contributed by atoms with Crippen LogP contribution in [0.4, 0.5) is 0 Å². The molecule has 0 aliphatic heterocycles. The molecule has 0 unspecified atom stereocenters. The monoisotopic (exact) mass is 371 g/mol. The second-order valence-electron chi connectivity index (χ2n) is 6.59. The zero-order chi connectivity index (χ0) is 18.5. The Kier molecular flexibility index (Phi) is 7.42. The average molecular weight is 372 g/mol. The van der Waals surface area contributed by atoms with Gasteiger partial charge in [-0.3, -0.25) is 5.10 Å². The summed E-state index contributed by atoms with van der Waals surface area (Å²) in [5.74, 6) is 0.613. The van der Waals surface area contributed by atoms with Crippen molar-refractivity contribution in [1.29, 1.82) is 0 Å². The number of benzene rings is 1. The molecule has 0 amide bonds. The highest BCUT2D eigenvalue weighted by molar-refractivity contribution is 8.13.